The number of anilines is 1. The van der Waals surface area contributed by atoms with Crippen molar-refractivity contribution in [3.8, 4) is 0 Å². The van der Waals surface area contributed by atoms with Gasteiger partial charge in [0.1, 0.15) is 0 Å². The Morgan fingerprint density at radius 1 is 1.17 bits per heavy atom. The molecule has 24 heavy (non-hydrogen) atoms. The Balaban J connectivity index is 1.65. The number of benzene rings is 1. The van der Waals surface area contributed by atoms with Gasteiger partial charge in [-0.15, -0.1) is 11.8 Å². The van der Waals surface area contributed by atoms with Crippen molar-refractivity contribution in [2.24, 2.45) is 14.1 Å². The van der Waals surface area contributed by atoms with Crippen molar-refractivity contribution >= 4 is 23.4 Å². The minimum atomic E-state index is -0.349. The number of fused-ring (bicyclic) bond motifs is 1. The van der Waals surface area contributed by atoms with Gasteiger partial charge in [0.05, 0.1) is 5.75 Å². The van der Waals surface area contributed by atoms with E-state index in [0.29, 0.717) is 23.7 Å². The normalized spacial score (nSPS) is 13.2. The second-order valence-electron chi connectivity index (χ2n) is 5.79. The number of hydrogen-bond acceptors (Lipinski definition) is 4. The Morgan fingerprint density at radius 3 is 2.71 bits per heavy atom. The third-order valence-electron chi connectivity index (χ3n) is 4.29. The molecule has 0 saturated heterocycles. The summed E-state index contributed by atoms with van der Waals surface area (Å²) in [5.41, 5.74) is 2.14. The first-order valence-electron chi connectivity index (χ1n) is 7.71. The molecular weight excluding hydrogens is 326 g/mol. The van der Waals surface area contributed by atoms with E-state index in [2.05, 4.69) is 0 Å². The van der Waals surface area contributed by atoms with Gasteiger partial charge in [0.25, 0.3) is 5.56 Å². The fourth-order valence-corrected chi connectivity index (χ4v) is 3.75. The molecule has 1 aromatic carbocycles. The standard InChI is InChI=1S/C17H19N3O3S/c1-18-13(9-15(21)19(2)17(18)23)10-24-11-16(22)20-8-7-12-5-3-4-6-14(12)20/h3-6,9H,7-8,10-11H2,1-2H3. The highest BCUT2D eigenvalue weighted by atomic mass is 32.2. The van der Waals surface area contributed by atoms with E-state index in [9.17, 15) is 14.4 Å². The van der Waals surface area contributed by atoms with E-state index >= 15 is 0 Å². The number of para-hydroxylation sites is 1. The summed E-state index contributed by atoms with van der Waals surface area (Å²) in [7, 11) is 3.09. The zero-order valence-electron chi connectivity index (χ0n) is 13.7. The Bertz CT molecular complexity index is 901. The molecule has 0 fully saturated rings. The first-order valence-corrected chi connectivity index (χ1v) is 8.86. The van der Waals surface area contributed by atoms with Crippen molar-refractivity contribution in [1.82, 2.24) is 9.13 Å². The third kappa shape index (κ3) is 3.03. The predicted octanol–water partition coefficient (Wildman–Crippen LogP) is 0.907. The van der Waals surface area contributed by atoms with Crippen LogP contribution in [0.2, 0.25) is 0 Å². The number of amides is 1. The van der Waals surface area contributed by atoms with Gasteiger partial charge in [-0.25, -0.2) is 4.79 Å². The Labute approximate surface area is 143 Å². The highest BCUT2D eigenvalue weighted by molar-refractivity contribution is 7.99. The summed E-state index contributed by atoms with van der Waals surface area (Å²) in [5, 5.41) is 0. The summed E-state index contributed by atoms with van der Waals surface area (Å²) < 4.78 is 2.52. The minimum Gasteiger partial charge on any atom is -0.311 e. The lowest BCUT2D eigenvalue weighted by Gasteiger charge is -2.17. The van der Waals surface area contributed by atoms with Gasteiger partial charge in [0.2, 0.25) is 5.91 Å². The van der Waals surface area contributed by atoms with Gasteiger partial charge in [0, 0.05) is 43.8 Å². The monoisotopic (exact) mass is 345 g/mol. The molecule has 0 radical (unpaired) electrons. The Hall–Kier alpha value is -2.28. The Kier molecular flexibility index (Phi) is 4.62. The molecule has 1 aliphatic heterocycles. The molecular formula is C17H19N3O3S. The first kappa shape index (κ1) is 16.6. The zero-order chi connectivity index (χ0) is 17.3. The smallest absolute Gasteiger partial charge is 0.311 e. The molecule has 0 unspecified atom stereocenters. The zero-order valence-corrected chi connectivity index (χ0v) is 14.5. The van der Waals surface area contributed by atoms with E-state index in [-0.39, 0.29) is 17.2 Å². The molecule has 0 saturated carbocycles. The summed E-state index contributed by atoms with van der Waals surface area (Å²) >= 11 is 1.41. The van der Waals surface area contributed by atoms with Crippen molar-refractivity contribution in [1.29, 1.82) is 0 Å². The minimum absolute atomic E-state index is 0.0544. The number of thioether (sulfide) groups is 1. The number of rotatable bonds is 4. The van der Waals surface area contributed by atoms with Gasteiger partial charge in [-0.3, -0.25) is 18.7 Å². The molecule has 7 heteroatoms. The molecule has 0 atom stereocenters. The molecule has 2 heterocycles. The van der Waals surface area contributed by atoms with E-state index in [1.54, 1.807) is 7.05 Å². The lowest BCUT2D eigenvalue weighted by Crippen LogP contribution is -2.38. The van der Waals surface area contributed by atoms with Crippen molar-refractivity contribution in [3.63, 3.8) is 0 Å². The summed E-state index contributed by atoms with van der Waals surface area (Å²) in [6.07, 6.45) is 0.885. The van der Waals surface area contributed by atoms with Crippen molar-refractivity contribution in [3.05, 3.63) is 62.4 Å². The van der Waals surface area contributed by atoms with Crippen LogP contribution < -0.4 is 16.1 Å². The van der Waals surface area contributed by atoms with Crippen molar-refractivity contribution in [2.45, 2.75) is 12.2 Å². The van der Waals surface area contributed by atoms with Crippen molar-refractivity contribution < 1.29 is 4.79 Å². The Morgan fingerprint density at radius 2 is 1.92 bits per heavy atom. The van der Waals surface area contributed by atoms with Crippen LogP contribution in [0, 0.1) is 0 Å². The van der Waals surface area contributed by atoms with Crippen LogP contribution in [-0.2, 0) is 31.1 Å². The molecule has 126 valence electrons. The molecule has 0 spiro atoms. The van der Waals surface area contributed by atoms with Gasteiger partial charge >= 0.3 is 5.69 Å². The molecule has 1 aliphatic rings. The molecule has 2 aromatic rings. The van der Waals surface area contributed by atoms with E-state index in [1.165, 1.54) is 35.0 Å². The summed E-state index contributed by atoms with van der Waals surface area (Å²) in [5.74, 6) is 0.819. The van der Waals surface area contributed by atoms with Crippen LogP contribution in [0.25, 0.3) is 0 Å². The van der Waals surface area contributed by atoms with Gasteiger partial charge in [-0.1, -0.05) is 18.2 Å². The van der Waals surface area contributed by atoms with Gasteiger partial charge in [-0.05, 0) is 18.1 Å². The second-order valence-corrected chi connectivity index (χ2v) is 6.78. The second kappa shape index (κ2) is 6.68. The number of aromatic nitrogens is 2. The van der Waals surface area contributed by atoms with Crippen molar-refractivity contribution in [2.75, 3.05) is 17.2 Å². The van der Waals surface area contributed by atoms with Crippen LogP contribution in [-0.4, -0.2) is 27.3 Å². The largest absolute Gasteiger partial charge is 0.330 e. The maximum absolute atomic E-state index is 12.4. The fraction of sp³-hybridized carbons (Fsp3) is 0.353. The molecule has 0 aliphatic carbocycles. The topological polar surface area (TPSA) is 64.3 Å². The molecule has 1 aromatic heterocycles. The number of carbonyl (C=O) groups is 1. The molecule has 3 rings (SSSR count). The number of hydrogen-bond donors (Lipinski definition) is 0. The van der Waals surface area contributed by atoms with E-state index < -0.39 is 0 Å². The van der Waals surface area contributed by atoms with E-state index in [4.69, 9.17) is 0 Å². The summed E-state index contributed by atoms with van der Waals surface area (Å²) in [6, 6.07) is 9.38. The van der Waals surface area contributed by atoms with Crippen LogP contribution >= 0.6 is 11.8 Å². The van der Waals surface area contributed by atoms with Gasteiger partial charge in [0.15, 0.2) is 0 Å². The number of nitrogens with zero attached hydrogens (tertiary/aromatic N) is 3. The maximum atomic E-state index is 12.4. The lowest BCUT2D eigenvalue weighted by atomic mass is 10.2. The van der Waals surface area contributed by atoms with E-state index in [0.717, 1.165) is 16.7 Å². The van der Waals surface area contributed by atoms with Crippen LogP contribution in [0.15, 0.2) is 39.9 Å². The van der Waals surface area contributed by atoms with E-state index in [1.807, 2.05) is 29.2 Å². The molecule has 0 N–H and O–H groups in total. The van der Waals surface area contributed by atoms with Crippen LogP contribution in [0.3, 0.4) is 0 Å². The fourth-order valence-electron chi connectivity index (χ4n) is 2.83. The predicted molar refractivity (Wildman–Crippen MR) is 95.6 cm³/mol. The molecule has 0 bridgehead atoms. The van der Waals surface area contributed by atoms with Crippen LogP contribution in [0.4, 0.5) is 5.69 Å². The lowest BCUT2D eigenvalue weighted by molar-refractivity contribution is -0.116. The summed E-state index contributed by atoms with van der Waals surface area (Å²) in [4.78, 5) is 37.9. The summed E-state index contributed by atoms with van der Waals surface area (Å²) in [6.45, 7) is 0.711. The maximum Gasteiger partial charge on any atom is 0.330 e. The highest BCUT2D eigenvalue weighted by Gasteiger charge is 2.23. The average Bonchev–Trinajstić information content (AvgIpc) is 3.01. The van der Waals surface area contributed by atoms with Gasteiger partial charge < -0.3 is 4.90 Å². The quantitative estimate of drug-likeness (QED) is 0.826. The SMILES string of the molecule is Cn1c(CSCC(=O)N2CCc3ccccc32)cc(=O)n(C)c1=O. The first-order chi connectivity index (χ1) is 11.5. The van der Waals surface area contributed by atoms with Crippen LogP contribution in [0.5, 0.6) is 0 Å². The van der Waals surface area contributed by atoms with Crippen LogP contribution in [0.1, 0.15) is 11.3 Å². The number of carbonyl (C=O) groups excluding carboxylic acids is 1. The third-order valence-corrected chi connectivity index (χ3v) is 5.24. The molecule has 1 amide bonds. The van der Waals surface area contributed by atoms with Gasteiger partial charge in [-0.2, -0.15) is 0 Å². The average molecular weight is 345 g/mol. The molecule has 6 nitrogen and oxygen atoms in total. The highest BCUT2D eigenvalue weighted by Crippen LogP contribution is 2.28.